The number of hydrogen-bond donors (Lipinski definition) is 3. The molecule has 0 saturated heterocycles. The van der Waals surface area contributed by atoms with Crippen molar-refractivity contribution >= 4 is 17.6 Å². The van der Waals surface area contributed by atoms with Gasteiger partial charge in [0.25, 0.3) is 0 Å². The van der Waals surface area contributed by atoms with E-state index in [0.29, 0.717) is 18.0 Å². The minimum absolute atomic E-state index is 0.0267. The molecule has 1 aromatic carbocycles. The highest BCUT2D eigenvalue weighted by molar-refractivity contribution is 6.30. The summed E-state index contributed by atoms with van der Waals surface area (Å²) in [6.07, 6.45) is 1.30. The number of carbonyl (C=O) groups is 1. The van der Waals surface area contributed by atoms with E-state index in [4.69, 9.17) is 16.7 Å². The lowest BCUT2D eigenvalue weighted by Gasteiger charge is -2.13. The van der Waals surface area contributed by atoms with Gasteiger partial charge < -0.3 is 15.7 Å². The van der Waals surface area contributed by atoms with Gasteiger partial charge in [0.15, 0.2) is 0 Å². The number of benzene rings is 1. The van der Waals surface area contributed by atoms with E-state index < -0.39 is 0 Å². The molecule has 0 aromatic heterocycles. The van der Waals surface area contributed by atoms with Gasteiger partial charge in [0.2, 0.25) is 0 Å². The van der Waals surface area contributed by atoms with Crippen LogP contribution in [0.2, 0.25) is 5.02 Å². The van der Waals surface area contributed by atoms with Crippen molar-refractivity contribution in [1.29, 1.82) is 0 Å². The molecule has 0 aliphatic rings. The summed E-state index contributed by atoms with van der Waals surface area (Å²) in [7, 11) is 0. The quantitative estimate of drug-likeness (QED) is 0.740. The molecule has 0 aliphatic heterocycles. The SMILES string of the molecule is C[C@H](CCO)NC(=O)NCCc1cccc(Cl)c1. The number of hydrogen-bond acceptors (Lipinski definition) is 2. The first kappa shape index (κ1) is 14.8. The van der Waals surface area contributed by atoms with Crippen LogP contribution < -0.4 is 10.6 Å². The standard InChI is InChI=1S/C13H19ClN2O2/c1-10(6-8-17)16-13(18)15-7-5-11-3-2-4-12(14)9-11/h2-4,9-10,17H,5-8H2,1H3,(H2,15,16,18)/t10-/m1/s1. The van der Waals surface area contributed by atoms with Crippen LogP contribution in [0.1, 0.15) is 18.9 Å². The van der Waals surface area contributed by atoms with Crippen LogP contribution >= 0.6 is 11.6 Å². The van der Waals surface area contributed by atoms with Crippen LogP contribution in [0.15, 0.2) is 24.3 Å². The first-order valence-corrected chi connectivity index (χ1v) is 6.39. The summed E-state index contributed by atoms with van der Waals surface area (Å²) in [5.41, 5.74) is 1.09. The summed E-state index contributed by atoms with van der Waals surface area (Å²) < 4.78 is 0. The fourth-order valence-electron chi connectivity index (χ4n) is 1.55. The van der Waals surface area contributed by atoms with E-state index in [0.717, 1.165) is 12.0 Å². The van der Waals surface area contributed by atoms with Crippen LogP contribution in [-0.4, -0.2) is 30.3 Å². The van der Waals surface area contributed by atoms with E-state index in [1.165, 1.54) is 0 Å². The van der Waals surface area contributed by atoms with E-state index >= 15 is 0 Å². The molecule has 4 nitrogen and oxygen atoms in total. The minimum atomic E-state index is -0.210. The molecule has 0 unspecified atom stereocenters. The van der Waals surface area contributed by atoms with Crippen molar-refractivity contribution in [3.63, 3.8) is 0 Å². The molecule has 18 heavy (non-hydrogen) atoms. The normalized spacial score (nSPS) is 11.9. The molecule has 5 heteroatoms. The summed E-state index contributed by atoms with van der Waals surface area (Å²) in [5, 5.41) is 14.9. The fraction of sp³-hybridized carbons (Fsp3) is 0.462. The zero-order valence-corrected chi connectivity index (χ0v) is 11.2. The molecule has 0 fully saturated rings. The highest BCUT2D eigenvalue weighted by Crippen LogP contribution is 2.10. The van der Waals surface area contributed by atoms with Crippen LogP contribution in [-0.2, 0) is 6.42 Å². The molecule has 3 N–H and O–H groups in total. The van der Waals surface area contributed by atoms with Gasteiger partial charge in [0.05, 0.1) is 0 Å². The number of amides is 2. The molecule has 0 aliphatic carbocycles. The van der Waals surface area contributed by atoms with Crippen molar-refractivity contribution < 1.29 is 9.90 Å². The molecule has 0 saturated carbocycles. The second-order valence-electron chi connectivity index (χ2n) is 4.19. The maximum Gasteiger partial charge on any atom is 0.315 e. The average Bonchev–Trinajstić information content (AvgIpc) is 2.29. The summed E-state index contributed by atoms with van der Waals surface area (Å²) >= 11 is 5.87. The van der Waals surface area contributed by atoms with Gasteiger partial charge in [0.1, 0.15) is 0 Å². The maximum atomic E-state index is 11.5. The van der Waals surface area contributed by atoms with Gasteiger partial charge >= 0.3 is 6.03 Å². The topological polar surface area (TPSA) is 61.4 Å². The summed E-state index contributed by atoms with van der Waals surface area (Å²) in [4.78, 5) is 11.5. The van der Waals surface area contributed by atoms with Crippen LogP contribution in [0.25, 0.3) is 0 Å². The second-order valence-corrected chi connectivity index (χ2v) is 4.63. The minimum Gasteiger partial charge on any atom is -0.396 e. The molecule has 1 rings (SSSR count). The fourth-order valence-corrected chi connectivity index (χ4v) is 1.77. The van der Waals surface area contributed by atoms with Crippen molar-refractivity contribution in [2.75, 3.05) is 13.2 Å². The van der Waals surface area contributed by atoms with Crippen molar-refractivity contribution in [2.24, 2.45) is 0 Å². The van der Waals surface area contributed by atoms with Crippen LogP contribution in [0.4, 0.5) is 4.79 Å². The Labute approximate surface area is 112 Å². The Hall–Kier alpha value is -1.26. The molecule has 0 bridgehead atoms. The number of carbonyl (C=O) groups excluding carboxylic acids is 1. The monoisotopic (exact) mass is 270 g/mol. The Morgan fingerprint density at radius 1 is 1.50 bits per heavy atom. The molecule has 2 amide bonds. The largest absolute Gasteiger partial charge is 0.396 e. The zero-order valence-electron chi connectivity index (χ0n) is 10.4. The molecule has 1 aromatic rings. The lowest BCUT2D eigenvalue weighted by molar-refractivity contribution is 0.231. The highest BCUT2D eigenvalue weighted by atomic mass is 35.5. The van der Waals surface area contributed by atoms with Crippen molar-refractivity contribution in [1.82, 2.24) is 10.6 Å². The van der Waals surface area contributed by atoms with E-state index in [-0.39, 0.29) is 18.7 Å². The molecule has 100 valence electrons. The van der Waals surface area contributed by atoms with Crippen molar-refractivity contribution in [2.45, 2.75) is 25.8 Å². The molecule has 0 spiro atoms. The first-order valence-electron chi connectivity index (χ1n) is 6.01. The Bertz CT molecular complexity index is 385. The van der Waals surface area contributed by atoms with Gasteiger partial charge in [-0.15, -0.1) is 0 Å². The predicted octanol–water partition coefficient (Wildman–Crippen LogP) is 1.95. The van der Waals surface area contributed by atoms with E-state index in [1.807, 2.05) is 31.2 Å². The van der Waals surface area contributed by atoms with Crippen LogP contribution in [0, 0.1) is 0 Å². The van der Waals surface area contributed by atoms with Crippen LogP contribution in [0.3, 0.4) is 0 Å². The average molecular weight is 271 g/mol. The molecule has 0 radical (unpaired) electrons. The summed E-state index contributed by atoms with van der Waals surface area (Å²) in [5.74, 6) is 0. The molecular weight excluding hydrogens is 252 g/mol. The van der Waals surface area contributed by atoms with Gasteiger partial charge in [-0.2, -0.15) is 0 Å². The zero-order chi connectivity index (χ0) is 13.4. The molecule has 1 atom stereocenters. The lowest BCUT2D eigenvalue weighted by atomic mass is 10.1. The van der Waals surface area contributed by atoms with Crippen LogP contribution in [0.5, 0.6) is 0 Å². The third-order valence-electron chi connectivity index (χ3n) is 2.53. The summed E-state index contributed by atoms with van der Waals surface area (Å²) in [6.45, 7) is 2.48. The number of halogens is 1. The Morgan fingerprint density at radius 2 is 2.28 bits per heavy atom. The van der Waals surface area contributed by atoms with E-state index in [1.54, 1.807) is 0 Å². The third-order valence-corrected chi connectivity index (χ3v) is 2.76. The number of aliphatic hydroxyl groups excluding tert-OH is 1. The summed E-state index contributed by atoms with van der Waals surface area (Å²) in [6, 6.07) is 7.33. The number of rotatable bonds is 6. The Morgan fingerprint density at radius 3 is 2.94 bits per heavy atom. The maximum absolute atomic E-state index is 11.5. The number of nitrogens with one attached hydrogen (secondary N) is 2. The van der Waals surface area contributed by atoms with Gasteiger partial charge in [0, 0.05) is 24.2 Å². The van der Waals surface area contributed by atoms with Gasteiger partial charge in [-0.25, -0.2) is 4.79 Å². The van der Waals surface area contributed by atoms with Crippen molar-refractivity contribution in [3.8, 4) is 0 Å². The van der Waals surface area contributed by atoms with Crippen molar-refractivity contribution in [3.05, 3.63) is 34.9 Å². The lowest BCUT2D eigenvalue weighted by Crippen LogP contribution is -2.41. The van der Waals surface area contributed by atoms with Gasteiger partial charge in [-0.05, 0) is 37.5 Å². The predicted molar refractivity (Wildman–Crippen MR) is 72.9 cm³/mol. The van der Waals surface area contributed by atoms with Gasteiger partial charge in [-0.3, -0.25) is 0 Å². The number of urea groups is 1. The molecule has 0 heterocycles. The highest BCUT2D eigenvalue weighted by Gasteiger charge is 2.05. The van der Waals surface area contributed by atoms with E-state index in [2.05, 4.69) is 10.6 Å². The third kappa shape index (κ3) is 5.89. The molecular formula is C13H19ClN2O2. The smallest absolute Gasteiger partial charge is 0.315 e. The Balaban J connectivity index is 2.23. The van der Waals surface area contributed by atoms with Gasteiger partial charge in [-0.1, -0.05) is 23.7 Å². The van der Waals surface area contributed by atoms with E-state index in [9.17, 15) is 4.79 Å². The number of aliphatic hydroxyl groups is 1. The Kier molecular flexibility index (Phi) is 6.54. The second kappa shape index (κ2) is 7.95. The first-order chi connectivity index (χ1) is 8.61.